The Kier molecular flexibility index (Phi) is 4.32. The molecule has 2 aromatic heterocycles. The molecule has 0 aliphatic heterocycles. The number of para-hydroxylation sites is 1. The Morgan fingerprint density at radius 1 is 1.11 bits per heavy atom. The van der Waals surface area contributed by atoms with Crippen LogP contribution in [0.2, 0.25) is 0 Å². The van der Waals surface area contributed by atoms with Gasteiger partial charge in [-0.05, 0) is 48.0 Å². The zero-order chi connectivity index (χ0) is 18.6. The summed E-state index contributed by atoms with van der Waals surface area (Å²) in [6.07, 6.45) is 4.85. The van der Waals surface area contributed by atoms with E-state index in [2.05, 4.69) is 25.5 Å². The molecule has 2 heterocycles. The second-order valence-electron chi connectivity index (χ2n) is 5.81. The molecule has 1 amide bonds. The number of phenolic OH excluding ortho intramolecular Hbond substituents is 1. The van der Waals surface area contributed by atoms with Crippen LogP contribution in [-0.4, -0.2) is 32.2 Å². The number of phenols is 1. The number of nitrogens with zero attached hydrogens (tertiary/aromatic N) is 3. The molecule has 2 aromatic carbocycles. The number of imidazole rings is 1. The molecule has 27 heavy (non-hydrogen) atoms. The Balaban J connectivity index is 1.55. The van der Waals surface area contributed by atoms with Gasteiger partial charge in [0.2, 0.25) is 0 Å². The topological polar surface area (TPSA) is 103 Å². The highest BCUT2D eigenvalue weighted by Crippen LogP contribution is 2.28. The van der Waals surface area contributed by atoms with Gasteiger partial charge in [0.15, 0.2) is 0 Å². The lowest BCUT2D eigenvalue weighted by Gasteiger charge is -2.00. The van der Waals surface area contributed by atoms with Gasteiger partial charge in [0, 0.05) is 18.0 Å². The van der Waals surface area contributed by atoms with E-state index in [-0.39, 0.29) is 11.7 Å². The molecule has 4 rings (SSSR count). The van der Waals surface area contributed by atoms with Crippen LogP contribution in [-0.2, 0) is 0 Å². The number of H-pyrrole nitrogens is 1. The lowest BCUT2D eigenvalue weighted by atomic mass is 10.2. The van der Waals surface area contributed by atoms with Crippen molar-refractivity contribution in [1.29, 1.82) is 0 Å². The SMILES string of the molecule is O=C(N/N=C/c1ccncc1)c1ccc2nc(-c3ccccc3O)[nH]c2c1. The molecule has 0 spiro atoms. The van der Waals surface area contributed by atoms with Crippen LogP contribution in [0.5, 0.6) is 5.75 Å². The number of aromatic hydroxyl groups is 1. The van der Waals surface area contributed by atoms with Crippen LogP contribution in [0.15, 0.2) is 72.1 Å². The van der Waals surface area contributed by atoms with E-state index in [0.29, 0.717) is 28.0 Å². The van der Waals surface area contributed by atoms with E-state index >= 15 is 0 Å². The number of hydrogen-bond acceptors (Lipinski definition) is 5. The number of aromatic nitrogens is 3. The highest BCUT2D eigenvalue weighted by Gasteiger charge is 2.11. The monoisotopic (exact) mass is 357 g/mol. The first-order chi connectivity index (χ1) is 13.2. The molecule has 3 N–H and O–H groups in total. The van der Waals surface area contributed by atoms with Crippen molar-refractivity contribution >= 4 is 23.2 Å². The Morgan fingerprint density at radius 3 is 2.74 bits per heavy atom. The molecule has 0 aliphatic rings. The highest BCUT2D eigenvalue weighted by atomic mass is 16.3. The molecular weight excluding hydrogens is 342 g/mol. The molecular formula is C20H15N5O2. The van der Waals surface area contributed by atoms with E-state index < -0.39 is 0 Å². The number of amides is 1. The zero-order valence-electron chi connectivity index (χ0n) is 14.1. The minimum atomic E-state index is -0.332. The molecule has 7 nitrogen and oxygen atoms in total. The standard InChI is InChI=1S/C20H15N5O2/c26-18-4-2-1-3-15(18)19-23-16-6-5-14(11-17(16)24-19)20(27)25-22-12-13-7-9-21-10-8-13/h1-12,26H,(H,23,24)(H,25,27)/b22-12+. The summed E-state index contributed by atoms with van der Waals surface area (Å²) >= 11 is 0. The molecule has 0 atom stereocenters. The molecule has 0 unspecified atom stereocenters. The highest BCUT2D eigenvalue weighted by molar-refractivity contribution is 5.98. The first kappa shape index (κ1) is 16.5. The lowest BCUT2D eigenvalue weighted by molar-refractivity contribution is 0.0955. The molecule has 0 fully saturated rings. The van der Waals surface area contributed by atoms with Crippen LogP contribution in [0.3, 0.4) is 0 Å². The van der Waals surface area contributed by atoms with E-state index in [4.69, 9.17) is 0 Å². The maximum absolute atomic E-state index is 12.3. The van der Waals surface area contributed by atoms with E-state index in [1.807, 2.05) is 6.07 Å². The molecule has 0 saturated carbocycles. The van der Waals surface area contributed by atoms with Gasteiger partial charge in [-0.3, -0.25) is 9.78 Å². The third-order valence-corrected chi connectivity index (χ3v) is 3.99. The fraction of sp³-hybridized carbons (Fsp3) is 0. The van der Waals surface area contributed by atoms with Crippen molar-refractivity contribution in [1.82, 2.24) is 20.4 Å². The number of fused-ring (bicyclic) bond motifs is 1. The second-order valence-corrected chi connectivity index (χ2v) is 5.81. The fourth-order valence-corrected chi connectivity index (χ4v) is 2.63. The Hall–Kier alpha value is -4.00. The van der Waals surface area contributed by atoms with Crippen molar-refractivity contribution in [3.05, 3.63) is 78.1 Å². The largest absolute Gasteiger partial charge is 0.507 e. The van der Waals surface area contributed by atoms with Crippen molar-refractivity contribution in [3.8, 4) is 17.1 Å². The zero-order valence-corrected chi connectivity index (χ0v) is 14.1. The predicted octanol–water partition coefficient (Wildman–Crippen LogP) is 3.09. The molecule has 7 heteroatoms. The Bertz CT molecular complexity index is 1140. The summed E-state index contributed by atoms with van der Waals surface area (Å²) in [6.45, 7) is 0. The second kappa shape index (κ2) is 7.09. The average molecular weight is 357 g/mol. The van der Waals surface area contributed by atoms with Crippen molar-refractivity contribution < 1.29 is 9.90 Å². The van der Waals surface area contributed by atoms with Crippen molar-refractivity contribution in [2.75, 3.05) is 0 Å². The summed E-state index contributed by atoms with van der Waals surface area (Å²) < 4.78 is 0. The van der Waals surface area contributed by atoms with Gasteiger partial charge in [-0.1, -0.05) is 12.1 Å². The van der Waals surface area contributed by atoms with Crippen LogP contribution in [0.25, 0.3) is 22.4 Å². The van der Waals surface area contributed by atoms with Crippen LogP contribution in [0.4, 0.5) is 0 Å². The van der Waals surface area contributed by atoms with E-state index in [1.165, 1.54) is 0 Å². The van der Waals surface area contributed by atoms with Crippen LogP contribution in [0.1, 0.15) is 15.9 Å². The number of hydrazone groups is 1. The minimum absolute atomic E-state index is 0.139. The van der Waals surface area contributed by atoms with Gasteiger partial charge in [0.1, 0.15) is 11.6 Å². The van der Waals surface area contributed by atoms with Crippen LogP contribution in [0, 0.1) is 0 Å². The summed E-state index contributed by atoms with van der Waals surface area (Å²) in [5.74, 6) is 0.345. The Labute approximate surface area is 154 Å². The number of carbonyl (C=O) groups excluding carboxylic acids is 1. The number of carbonyl (C=O) groups is 1. The quantitative estimate of drug-likeness (QED) is 0.386. The summed E-state index contributed by atoms with van der Waals surface area (Å²) in [4.78, 5) is 23.8. The van der Waals surface area contributed by atoms with Gasteiger partial charge in [-0.25, -0.2) is 10.4 Å². The summed E-state index contributed by atoms with van der Waals surface area (Å²) in [6, 6.07) is 15.6. The van der Waals surface area contributed by atoms with Crippen molar-refractivity contribution in [3.63, 3.8) is 0 Å². The first-order valence-electron chi connectivity index (χ1n) is 8.22. The van der Waals surface area contributed by atoms with Crippen LogP contribution >= 0.6 is 0 Å². The molecule has 4 aromatic rings. The normalized spacial score (nSPS) is 11.1. The molecule has 0 saturated heterocycles. The summed E-state index contributed by atoms with van der Waals surface area (Å²) in [5, 5.41) is 13.9. The van der Waals surface area contributed by atoms with Crippen LogP contribution < -0.4 is 5.43 Å². The summed E-state index contributed by atoms with van der Waals surface area (Å²) in [7, 11) is 0. The molecule has 0 bridgehead atoms. The minimum Gasteiger partial charge on any atom is -0.507 e. The number of aromatic amines is 1. The fourth-order valence-electron chi connectivity index (χ4n) is 2.63. The van der Waals surface area contributed by atoms with Gasteiger partial charge < -0.3 is 10.1 Å². The average Bonchev–Trinajstić information content (AvgIpc) is 3.12. The van der Waals surface area contributed by atoms with E-state index in [9.17, 15) is 9.90 Å². The van der Waals surface area contributed by atoms with E-state index in [0.717, 1.165) is 5.56 Å². The number of benzene rings is 2. The third kappa shape index (κ3) is 3.52. The van der Waals surface area contributed by atoms with Gasteiger partial charge in [-0.2, -0.15) is 5.10 Å². The molecule has 0 aliphatic carbocycles. The maximum atomic E-state index is 12.3. The van der Waals surface area contributed by atoms with Crippen molar-refractivity contribution in [2.45, 2.75) is 0 Å². The smallest absolute Gasteiger partial charge is 0.271 e. The third-order valence-electron chi connectivity index (χ3n) is 3.99. The van der Waals surface area contributed by atoms with Gasteiger partial charge in [0.25, 0.3) is 5.91 Å². The number of nitrogens with one attached hydrogen (secondary N) is 2. The van der Waals surface area contributed by atoms with E-state index in [1.54, 1.807) is 67.1 Å². The summed E-state index contributed by atoms with van der Waals surface area (Å²) in [5.41, 5.74) is 5.77. The van der Waals surface area contributed by atoms with Gasteiger partial charge >= 0.3 is 0 Å². The number of pyridine rings is 1. The maximum Gasteiger partial charge on any atom is 0.271 e. The lowest BCUT2D eigenvalue weighted by Crippen LogP contribution is -2.17. The number of hydrogen-bond donors (Lipinski definition) is 3. The Morgan fingerprint density at radius 2 is 1.93 bits per heavy atom. The number of rotatable bonds is 4. The predicted molar refractivity (Wildman–Crippen MR) is 102 cm³/mol. The molecule has 0 radical (unpaired) electrons. The molecule has 132 valence electrons. The van der Waals surface area contributed by atoms with Gasteiger partial charge in [-0.15, -0.1) is 0 Å². The van der Waals surface area contributed by atoms with Gasteiger partial charge in [0.05, 0.1) is 22.8 Å². The first-order valence-corrected chi connectivity index (χ1v) is 8.22. The van der Waals surface area contributed by atoms with Crippen molar-refractivity contribution in [2.24, 2.45) is 5.10 Å².